The van der Waals surface area contributed by atoms with Crippen molar-refractivity contribution in [3.05, 3.63) is 29.8 Å². The molecular weight excluding hydrogens is 201 g/mol. The van der Waals surface area contributed by atoms with E-state index < -0.39 is 6.36 Å². The number of rotatable bonds is 3. The Labute approximate surface area is 77.0 Å². The number of hydrogen-bond acceptors (Lipinski definition) is 3. The Morgan fingerprint density at radius 3 is 2.43 bits per heavy atom. The summed E-state index contributed by atoms with van der Waals surface area (Å²) in [6.45, 7) is 0. The molecule has 0 aliphatic carbocycles. The van der Waals surface area contributed by atoms with Gasteiger partial charge in [0.1, 0.15) is 0 Å². The van der Waals surface area contributed by atoms with Crippen LogP contribution in [0.3, 0.4) is 0 Å². The van der Waals surface area contributed by atoms with E-state index in [1.807, 2.05) is 0 Å². The van der Waals surface area contributed by atoms with Gasteiger partial charge in [0.2, 0.25) is 0 Å². The van der Waals surface area contributed by atoms with E-state index >= 15 is 0 Å². The van der Waals surface area contributed by atoms with E-state index in [0.29, 0.717) is 6.29 Å². The Hall–Kier alpha value is -1.56. The first-order chi connectivity index (χ1) is 6.53. The molecule has 1 aromatic carbocycles. The fourth-order valence-electron chi connectivity index (χ4n) is 0.746. The van der Waals surface area contributed by atoms with Crippen molar-refractivity contribution in [1.29, 1.82) is 0 Å². The predicted octanol–water partition coefficient (Wildman–Crippen LogP) is 2.33. The van der Waals surface area contributed by atoms with Crippen LogP contribution in [0, 0.1) is 0 Å². The second-order valence-electron chi connectivity index (χ2n) is 2.27. The van der Waals surface area contributed by atoms with Crippen molar-refractivity contribution < 1.29 is 27.7 Å². The van der Waals surface area contributed by atoms with Crippen molar-refractivity contribution in [2.24, 2.45) is 0 Å². The van der Waals surface area contributed by atoms with Gasteiger partial charge in [0.05, 0.1) is 5.56 Å². The number of carbonyl (C=O) groups is 1. The lowest BCUT2D eigenvalue weighted by Crippen LogP contribution is -2.16. The SMILES string of the molecule is O=Cc1ccccc1OOC(F)(F)F. The fraction of sp³-hybridized carbons (Fsp3) is 0.125. The molecule has 6 heteroatoms. The predicted molar refractivity (Wildman–Crippen MR) is 39.6 cm³/mol. The monoisotopic (exact) mass is 206 g/mol. The maximum absolute atomic E-state index is 11.5. The van der Waals surface area contributed by atoms with Crippen LogP contribution in [-0.4, -0.2) is 12.6 Å². The van der Waals surface area contributed by atoms with Crippen molar-refractivity contribution in [1.82, 2.24) is 0 Å². The van der Waals surface area contributed by atoms with Crippen LogP contribution in [0.25, 0.3) is 0 Å². The van der Waals surface area contributed by atoms with E-state index in [-0.39, 0.29) is 11.3 Å². The first-order valence-corrected chi connectivity index (χ1v) is 3.49. The molecule has 0 heterocycles. The summed E-state index contributed by atoms with van der Waals surface area (Å²) in [6, 6.07) is 5.41. The van der Waals surface area contributed by atoms with Gasteiger partial charge in [-0.15, -0.1) is 13.2 Å². The lowest BCUT2D eigenvalue weighted by Gasteiger charge is -2.07. The summed E-state index contributed by atoms with van der Waals surface area (Å²) in [6.07, 6.45) is -4.52. The summed E-state index contributed by atoms with van der Waals surface area (Å²) < 4.78 is 34.6. The molecule has 0 saturated carbocycles. The summed E-state index contributed by atoms with van der Waals surface area (Å²) in [5.74, 6) is -0.278. The molecule has 0 unspecified atom stereocenters. The zero-order valence-corrected chi connectivity index (χ0v) is 6.75. The topological polar surface area (TPSA) is 35.5 Å². The van der Waals surface area contributed by atoms with Crippen LogP contribution >= 0.6 is 0 Å². The number of aldehydes is 1. The van der Waals surface area contributed by atoms with Crippen LogP contribution in [0.4, 0.5) is 13.2 Å². The van der Waals surface area contributed by atoms with Gasteiger partial charge in [-0.3, -0.25) is 4.79 Å². The average Bonchev–Trinajstić information content (AvgIpc) is 2.14. The van der Waals surface area contributed by atoms with Gasteiger partial charge < -0.3 is 4.89 Å². The van der Waals surface area contributed by atoms with Crippen molar-refractivity contribution in [3.8, 4) is 5.75 Å². The number of benzene rings is 1. The van der Waals surface area contributed by atoms with Crippen LogP contribution < -0.4 is 4.89 Å². The lowest BCUT2D eigenvalue weighted by molar-refractivity contribution is -0.444. The molecule has 0 fully saturated rings. The van der Waals surface area contributed by atoms with Crippen molar-refractivity contribution in [2.45, 2.75) is 6.36 Å². The van der Waals surface area contributed by atoms with Crippen molar-refractivity contribution in [3.63, 3.8) is 0 Å². The van der Waals surface area contributed by atoms with E-state index in [1.54, 1.807) is 0 Å². The lowest BCUT2D eigenvalue weighted by atomic mass is 10.2. The third kappa shape index (κ3) is 3.06. The number of carbonyl (C=O) groups excluding carboxylic acids is 1. The number of alkyl halides is 3. The number of hydrogen-bond donors (Lipinski definition) is 0. The van der Waals surface area contributed by atoms with Crippen LogP contribution in [0.1, 0.15) is 10.4 Å². The second kappa shape index (κ2) is 4.10. The summed E-state index contributed by atoms with van der Waals surface area (Å²) in [5, 5.41) is 0. The minimum atomic E-state index is -4.89. The highest BCUT2D eigenvalue weighted by molar-refractivity contribution is 5.78. The molecule has 0 aliphatic heterocycles. The summed E-state index contributed by atoms with van der Waals surface area (Å²) in [7, 11) is 0. The minimum absolute atomic E-state index is 0.0169. The highest BCUT2D eigenvalue weighted by Gasteiger charge is 2.32. The van der Waals surface area contributed by atoms with Crippen LogP contribution in [0.15, 0.2) is 24.3 Å². The standard InChI is InChI=1S/C8H5F3O3/c9-8(10,11)14-13-7-4-2-1-3-6(7)5-12/h1-5H. The molecule has 0 aliphatic rings. The van der Waals surface area contributed by atoms with E-state index in [0.717, 1.165) is 0 Å². The van der Waals surface area contributed by atoms with Crippen molar-refractivity contribution >= 4 is 6.29 Å². The molecule has 76 valence electrons. The molecule has 0 aromatic heterocycles. The molecular formula is C8H5F3O3. The molecule has 1 aromatic rings. The fourth-order valence-corrected chi connectivity index (χ4v) is 0.746. The van der Waals surface area contributed by atoms with Gasteiger partial charge in [0.25, 0.3) is 0 Å². The van der Waals surface area contributed by atoms with E-state index in [1.165, 1.54) is 24.3 Å². The van der Waals surface area contributed by atoms with Gasteiger partial charge >= 0.3 is 6.36 Å². The summed E-state index contributed by atoms with van der Waals surface area (Å²) in [5.41, 5.74) is -0.0169. The van der Waals surface area contributed by atoms with Gasteiger partial charge in [-0.2, -0.15) is 0 Å². The number of halogens is 3. The van der Waals surface area contributed by atoms with Gasteiger partial charge in [-0.1, -0.05) is 17.0 Å². The van der Waals surface area contributed by atoms with Gasteiger partial charge in [-0.05, 0) is 12.1 Å². The molecule has 0 atom stereocenters. The Balaban J connectivity index is 2.71. The van der Waals surface area contributed by atoms with Gasteiger partial charge in [0, 0.05) is 0 Å². The average molecular weight is 206 g/mol. The largest absolute Gasteiger partial charge is 0.558 e. The zero-order valence-electron chi connectivity index (χ0n) is 6.75. The third-order valence-corrected chi connectivity index (χ3v) is 1.27. The van der Waals surface area contributed by atoms with E-state index in [2.05, 4.69) is 9.78 Å². The maximum atomic E-state index is 11.5. The second-order valence-corrected chi connectivity index (χ2v) is 2.27. The highest BCUT2D eigenvalue weighted by Crippen LogP contribution is 2.21. The molecule has 0 amide bonds. The minimum Gasteiger partial charge on any atom is -0.329 e. The zero-order chi connectivity index (χ0) is 10.6. The molecule has 0 radical (unpaired) electrons. The van der Waals surface area contributed by atoms with E-state index in [4.69, 9.17) is 0 Å². The molecule has 0 saturated heterocycles. The molecule has 0 N–H and O–H groups in total. The highest BCUT2D eigenvalue weighted by atomic mass is 19.4. The molecule has 3 nitrogen and oxygen atoms in total. The van der Waals surface area contributed by atoms with E-state index in [9.17, 15) is 18.0 Å². The Kier molecular flexibility index (Phi) is 3.08. The van der Waals surface area contributed by atoms with Gasteiger partial charge in [-0.25, -0.2) is 0 Å². The molecule has 14 heavy (non-hydrogen) atoms. The smallest absolute Gasteiger partial charge is 0.329 e. The maximum Gasteiger partial charge on any atom is 0.558 e. The third-order valence-electron chi connectivity index (χ3n) is 1.27. The van der Waals surface area contributed by atoms with Crippen molar-refractivity contribution in [2.75, 3.05) is 0 Å². The summed E-state index contributed by atoms with van der Waals surface area (Å²) >= 11 is 0. The first kappa shape index (κ1) is 10.5. The quantitative estimate of drug-likeness (QED) is 0.432. The Bertz CT molecular complexity index is 322. The van der Waals surface area contributed by atoms with Crippen LogP contribution in [-0.2, 0) is 4.89 Å². The van der Waals surface area contributed by atoms with Crippen LogP contribution in [0.2, 0.25) is 0 Å². The number of para-hydroxylation sites is 1. The molecule has 1 rings (SSSR count). The normalized spacial score (nSPS) is 11.1. The van der Waals surface area contributed by atoms with Crippen LogP contribution in [0.5, 0.6) is 5.75 Å². The Morgan fingerprint density at radius 2 is 1.86 bits per heavy atom. The molecule has 0 bridgehead atoms. The van der Waals surface area contributed by atoms with Gasteiger partial charge in [0.15, 0.2) is 12.0 Å². The molecule has 0 spiro atoms. The summed E-state index contributed by atoms with van der Waals surface area (Å²) in [4.78, 5) is 17.4. The Morgan fingerprint density at radius 1 is 1.21 bits per heavy atom. The first-order valence-electron chi connectivity index (χ1n) is 3.49.